The zero-order valence-electron chi connectivity index (χ0n) is 12.1. The third kappa shape index (κ3) is 3.60. The quantitative estimate of drug-likeness (QED) is 0.857. The number of amides is 1. The highest BCUT2D eigenvalue weighted by atomic mass is 32.1. The van der Waals surface area contributed by atoms with Crippen molar-refractivity contribution in [3.63, 3.8) is 0 Å². The van der Waals surface area contributed by atoms with Gasteiger partial charge in [-0.15, -0.1) is 11.3 Å². The first-order valence-corrected chi connectivity index (χ1v) is 7.92. The number of ketones is 1. The average Bonchev–Trinajstić information content (AvgIpc) is 2.79. The normalized spacial score (nSPS) is 19.5. The second kappa shape index (κ2) is 6.88. The van der Waals surface area contributed by atoms with Gasteiger partial charge in [-0.1, -0.05) is 12.8 Å². The van der Waals surface area contributed by atoms with E-state index in [0.29, 0.717) is 11.3 Å². The smallest absolute Gasteiger partial charge is 0.264 e. The molecule has 5 heteroatoms. The molecule has 1 atom stereocenters. The van der Waals surface area contributed by atoms with E-state index in [0.717, 1.165) is 38.0 Å². The molecule has 1 aromatic heterocycles. The van der Waals surface area contributed by atoms with Crippen LogP contribution in [0.5, 0.6) is 5.75 Å². The van der Waals surface area contributed by atoms with Gasteiger partial charge in [0.2, 0.25) is 0 Å². The standard InChI is InChI=1S/C15H21NO3S/c1-11(17)8-12-6-4-3-5-7-16(12)15(18)14-9-13(19-2)10-20-14/h9-10,12H,3-8H2,1-2H3. The van der Waals surface area contributed by atoms with Crippen molar-refractivity contribution in [3.8, 4) is 5.75 Å². The summed E-state index contributed by atoms with van der Waals surface area (Å²) in [6, 6.07) is 1.83. The Kier molecular flexibility index (Phi) is 5.17. The summed E-state index contributed by atoms with van der Waals surface area (Å²) in [6.45, 7) is 2.35. The maximum Gasteiger partial charge on any atom is 0.264 e. The van der Waals surface area contributed by atoms with Crippen LogP contribution in [0.2, 0.25) is 0 Å². The first-order valence-electron chi connectivity index (χ1n) is 7.04. The Labute approximate surface area is 123 Å². The number of Topliss-reactive ketones (excluding diaryl/α,β-unsaturated/α-hetero) is 1. The fraction of sp³-hybridized carbons (Fsp3) is 0.600. The van der Waals surface area contributed by atoms with E-state index in [1.807, 2.05) is 10.3 Å². The maximum absolute atomic E-state index is 12.6. The zero-order chi connectivity index (χ0) is 14.5. The molecule has 1 aliphatic heterocycles. The first-order chi connectivity index (χ1) is 9.61. The van der Waals surface area contributed by atoms with Crippen molar-refractivity contribution in [2.24, 2.45) is 0 Å². The number of carbonyl (C=O) groups is 2. The van der Waals surface area contributed by atoms with E-state index in [1.54, 1.807) is 20.1 Å². The molecule has 1 fully saturated rings. The average molecular weight is 295 g/mol. The van der Waals surface area contributed by atoms with Crippen LogP contribution in [-0.2, 0) is 4.79 Å². The Hall–Kier alpha value is -1.36. The summed E-state index contributed by atoms with van der Waals surface area (Å²) in [7, 11) is 1.60. The van der Waals surface area contributed by atoms with Gasteiger partial charge < -0.3 is 9.64 Å². The number of ether oxygens (including phenoxy) is 1. The van der Waals surface area contributed by atoms with E-state index in [4.69, 9.17) is 4.74 Å². The van der Waals surface area contributed by atoms with E-state index >= 15 is 0 Å². The fourth-order valence-electron chi connectivity index (χ4n) is 2.67. The van der Waals surface area contributed by atoms with Gasteiger partial charge in [-0.3, -0.25) is 9.59 Å². The monoisotopic (exact) mass is 295 g/mol. The number of carbonyl (C=O) groups excluding carboxylic acids is 2. The summed E-state index contributed by atoms with van der Waals surface area (Å²) in [5.74, 6) is 0.904. The second-order valence-electron chi connectivity index (χ2n) is 5.26. The molecule has 1 saturated heterocycles. The fourth-order valence-corrected chi connectivity index (χ4v) is 3.48. The van der Waals surface area contributed by atoms with Crippen LogP contribution in [0.1, 0.15) is 48.7 Å². The summed E-state index contributed by atoms with van der Waals surface area (Å²) in [4.78, 5) is 26.6. The number of nitrogens with zero attached hydrogens (tertiary/aromatic N) is 1. The molecule has 4 nitrogen and oxygen atoms in total. The number of likely N-dealkylation sites (tertiary alicyclic amines) is 1. The van der Waals surface area contributed by atoms with Gasteiger partial charge in [-0.05, 0) is 19.8 Å². The van der Waals surface area contributed by atoms with Crippen LogP contribution in [0, 0.1) is 0 Å². The molecule has 0 spiro atoms. The van der Waals surface area contributed by atoms with Crippen LogP contribution >= 0.6 is 11.3 Å². The Morgan fingerprint density at radius 1 is 1.40 bits per heavy atom. The summed E-state index contributed by atoms with van der Waals surface area (Å²) in [5, 5.41) is 1.84. The van der Waals surface area contributed by atoms with Crippen molar-refractivity contribution in [3.05, 3.63) is 16.3 Å². The van der Waals surface area contributed by atoms with E-state index in [9.17, 15) is 9.59 Å². The van der Waals surface area contributed by atoms with Crippen LogP contribution < -0.4 is 4.74 Å². The minimum absolute atomic E-state index is 0.0338. The van der Waals surface area contributed by atoms with Crippen molar-refractivity contribution in [2.75, 3.05) is 13.7 Å². The molecule has 1 aromatic rings. The highest BCUT2D eigenvalue weighted by Crippen LogP contribution is 2.26. The maximum atomic E-state index is 12.6. The lowest BCUT2D eigenvalue weighted by atomic mass is 10.0. The molecule has 0 radical (unpaired) electrons. The molecule has 1 aliphatic rings. The molecular formula is C15H21NO3S. The van der Waals surface area contributed by atoms with E-state index < -0.39 is 0 Å². The first kappa shape index (κ1) is 15.0. The molecule has 110 valence electrons. The van der Waals surface area contributed by atoms with Gasteiger partial charge in [0, 0.05) is 30.5 Å². The van der Waals surface area contributed by atoms with Crippen LogP contribution in [0.25, 0.3) is 0 Å². The summed E-state index contributed by atoms with van der Waals surface area (Å²) >= 11 is 1.40. The Morgan fingerprint density at radius 2 is 2.20 bits per heavy atom. The van der Waals surface area contributed by atoms with Crippen molar-refractivity contribution < 1.29 is 14.3 Å². The number of hydrogen-bond donors (Lipinski definition) is 0. The van der Waals surface area contributed by atoms with Crippen molar-refractivity contribution >= 4 is 23.0 Å². The van der Waals surface area contributed by atoms with Gasteiger partial charge in [0.05, 0.1) is 12.0 Å². The van der Waals surface area contributed by atoms with Crippen molar-refractivity contribution in [2.45, 2.75) is 45.1 Å². The zero-order valence-corrected chi connectivity index (χ0v) is 12.9. The predicted molar refractivity (Wildman–Crippen MR) is 79.5 cm³/mol. The molecule has 1 amide bonds. The van der Waals surface area contributed by atoms with Gasteiger partial charge in [-0.2, -0.15) is 0 Å². The summed E-state index contributed by atoms with van der Waals surface area (Å²) < 4.78 is 5.13. The Bertz CT molecular complexity index is 483. The topological polar surface area (TPSA) is 46.6 Å². The van der Waals surface area contributed by atoms with Gasteiger partial charge >= 0.3 is 0 Å². The second-order valence-corrected chi connectivity index (χ2v) is 6.17. The highest BCUT2D eigenvalue weighted by molar-refractivity contribution is 7.12. The number of rotatable bonds is 4. The SMILES string of the molecule is COc1csc(C(=O)N2CCCCCC2CC(C)=O)c1. The third-order valence-electron chi connectivity index (χ3n) is 3.68. The predicted octanol–water partition coefficient (Wildman–Crippen LogP) is 3.12. The lowest BCUT2D eigenvalue weighted by molar-refractivity contribution is -0.118. The molecule has 2 rings (SSSR count). The molecule has 1 unspecified atom stereocenters. The van der Waals surface area contributed by atoms with Crippen molar-refractivity contribution in [1.82, 2.24) is 4.90 Å². The lowest BCUT2D eigenvalue weighted by Gasteiger charge is -2.29. The van der Waals surface area contributed by atoms with Crippen LogP contribution in [0.15, 0.2) is 11.4 Å². The number of methoxy groups -OCH3 is 1. The molecular weight excluding hydrogens is 274 g/mol. The largest absolute Gasteiger partial charge is 0.496 e. The van der Waals surface area contributed by atoms with Gasteiger partial charge in [0.1, 0.15) is 11.5 Å². The molecule has 0 aromatic carbocycles. The van der Waals surface area contributed by atoms with E-state index in [2.05, 4.69) is 0 Å². The third-order valence-corrected chi connectivity index (χ3v) is 4.58. The van der Waals surface area contributed by atoms with Crippen LogP contribution in [-0.4, -0.2) is 36.3 Å². The highest BCUT2D eigenvalue weighted by Gasteiger charge is 2.28. The van der Waals surface area contributed by atoms with E-state index in [-0.39, 0.29) is 17.7 Å². The van der Waals surface area contributed by atoms with Gasteiger partial charge in [-0.25, -0.2) is 0 Å². The molecule has 2 heterocycles. The summed E-state index contributed by atoms with van der Waals surface area (Å²) in [5.41, 5.74) is 0. The lowest BCUT2D eigenvalue weighted by Crippen LogP contribution is -2.40. The van der Waals surface area contributed by atoms with Crippen LogP contribution in [0.3, 0.4) is 0 Å². The van der Waals surface area contributed by atoms with Crippen molar-refractivity contribution in [1.29, 1.82) is 0 Å². The molecule has 0 aliphatic carbocycles. The van der Waals surface area contributed by atoms with Gasteiger partial charge in [0.15, 0.2) is 0 Å². The minimum atomic E-state index is 0.0338. The molecule has 20 heavy (non-hydrogen) atoms. The van der Waals surface area contributed by atoms with E-state index in [1.165, 1.54) is 11.3 Å². The minimum Gasteiger partial charge on any atom is -0.496 e. The van der Waals surface area contributed by atoms with Crippen LogP contribution in [0.4, 0.5) is 0 Å². The number of thiophene rings is 1. The molecule has 0 bridgehead atoms. The number of hydrogen-bond acceptors (Lipinski definition) is 4. The Balaban J connectivity index is 2.16. The van der Waals surface area contributed by atoms with Gasteiger partial charge in [0.25, 0.3) is 5.91 Å². The molecule has 0 saturated carbocycles. The Morgan fingerprint density at radius 3 is 2.85 bits per heavy atom. The summed E-state index contributed by atoms with van der Waals surface area (Å²) in [6.07, 6.45) is 4.63. The molecule has 0 N–H and O–H groups in total.